The number of aromatic nitrogens is 1. The zero-order valence-electron chi connectivity index (χ0n) is 12.4. The van der Waals surface area contributed by atoms with Gasteiger partial charge in [0.15, 0.2) is 0 Å². The zero-order chi connectivity index (χ0) is 14.7. The molecule has 0 saturated heterocycles. The maximum Gasteiger partial charge on any atom is 0.133 e. The Morgan fingerprint density at radius 2 is 2.10 bits per heavy atom. The summed E-state index contributed by atoms with van der Waals surface area (Å²) in [5, 5.41) is 14.6. The summed E-state index contributed by atoms with van der Waals surface area (Å²) in [6.07, 6.45) is 4.71. The van der Waals surface area contributed by atoms with Gasteiger partial charge in [-0.1, -0.05) is 6.07 Å². The van der Waals surface area contributed by atoms with Crippen molar-refractivity contribution in [2.45, 2.75) is 38.3 Å². The van der Waals surface area contributed by atoms with Gasteiger partial charge in [-0.15, -0.1) is 22.7 Å². The molecule has 0 atom stereocenters. The first-order chi connectivity index (χ1) is 10.3. The highest BCUT2D eigenvalue weighted by atomic mass is 32.1. The molecule has 1 aliphatic rings. The van der Waals surface area contributed by atoms with E-state index in [4.69, 9.17) is 4.98 Å². The summed E-state index contributed by atoms with van der Waals surface area (Å²) in [4.78, 5) is 8.46. The van der Waals surface area contributed by atoms with Gasteiger partial charge in [0.05, 0.1) is 10.6 Å². The van der Waals surface area contributed by atoms with Crippen molar-refractivity contribution in [1.29, 1.82) is 0 Å². The van der Waals surface area contributed by atoms with Crippen LogP contribution in [-0.2, 0) is 6.54 Å². The van der Waals surface area contributed by atoms with Gasteiger partial charge in [0.25, 0.3) is 0 Å². The van der Waals surface area contributed by atoms with Crippen LogP contribution in [0.3, 0.4) is 0 Å². The molecule has 3 nitrogen and oxygen atoms in total. The standard InChI is InChI=1S/C16H22N2OS2/c1-18(14-6-4-12(10-19)5-7-14)9-13-11-21-16(17-13)15-3-2-8-20-15/h2-3,8,11-12,14,19H,4-7,9-10H2,1H3. The van der Waals surface area contributed by atoms with Crippen LogP contribution in [0.5, 0.6) is 0 Å². The third kappa shape index (κ3) is 3.72. The van der Waals surface area contributed by atoms with Crippen LogP contribution in [0.15, 0.2) is 22.9 Å². The summed E-state index contributed by atoms with van der Waals surface area (Å²) in [5.41, 5.74) is 1.18. The van der Waals surface area contributed by atoms with E-state index in [1.54, 1.807) is 22.7 Å². The second-order valence-corrected chi connectivity index (χ2v) is 7.70. The van der Waals surface area contributed by atoms with Crippen molar-refractivity contribution in [3.63, 3.8) is 0 Å². The Labute approximate surface area is 134 Å². The number of aliphatic hydroxyl groups excluding tert-OH is 1. The van der Waals surface area contributed by atoms with E-state index in [1.807, 2.05) is 0 Å². The number of hydrogen-bond donors (Lipinski definition) is 1. The summed E-state index contributed by atoms with van der Waals surface area (Å²) >= 11 is 3.49. The lowest BCUT2D eigenvalue weighted by atomic mass is 9.86. The summed E-state index contributed by atoms with van der Waals surface area (Å²) in [6.45, 7) is 1.28. The maximum absolute atomic E-state index is 9.22. The van der Waals surface area contributed by atoms with Crippen LogP contribution in [0, 0.1) is 5.92 Å². The highest BCUT2D eigenvalue weighted by Crippen LogP contribution is 2.30. The van der Waals surface area contributed by atoms with Crippen molar-refractivity contribution in [2.24, 2.45) is 5.92 Å². The largest absolute Gasteiger partial charge is 0.396 e. The van der Waals surface area contributed by atoms with Crippen LogP contribution in [0.4, 0.5) is 0 Å². The van der Waals surface area contributed by atoms with Gasteiger partial charge in [0.1, 0.15) is 5.01 Å². The second-order valence-electron chi connectivity index (χ2n) is 5.89. The summed E-state index contributed by atoms with van der Waals surface area (Å²) < 4.78 is 0. The number of rotatable bonds is 5. The van der Waals surface area contributed by atoms with Gasteiger partial charge in [-0.25, -0.2) is 4.98 Å². The first-order valence-electron chi connectivity index (χ1n) is 7.55. The van der Waals surface area contributed by atoms with Gasteiger partial charge >= 0.3 is 0 Å². The van der Waals surface area contributed by atoms with E-state index in [2.05, 4.69) is 34.8 Å². The van der Waals surface area contributed by atoms with E-state index in [0.29, 0.717) is 18.6 Å². The van der Waals surface area contributed by atoms with Gasteiger partial charge < -0.3 is 5.11 Å². The van der Waals surface area contributed by atoms with Crippen LogP contribution >= 0.6 is 22.7 Å². The Kier molecular flexibility index (Phi) is 5.06. The Morgan fingerprint density at radius 3 is 2.76 bits per heavy atom. The van der Waals surface area contributed by atoms with Gasteiger partial charge in [-0.3, -0.25) is 4.90 Å². The first-order valence-corrected chi connectivity index (χ1v) is 9.31. The maximum atomic E-state index is 9.22. The fourth-order valence-electron chi connectivity index (χ4n) is 3.05. The predicted octanol–water partition coefficient (Wildman–Crippen LogP) is 3.85. The van der Waals surface area contributed by atoms with Gasteiger partial charge in [0.2, 0.25) is 0 Å². The molecule has 114 valence electrons. The number of aliphatic hydroxyl groups is 1. The molecule has 0 spiro atoms. The molecule has 1 saturated carbocycles. The van der Waals surface area contributed by atoms with Crippen molar-refractivity contribution in [3.05, 3.63) is 28.6 Å². The Hall–Kier alpha value is -0.750. The topological polar surface area (TPSA) is 36.4 Å². The number of thiazole rings is 1. The van der Waals surface area contributed by atoms with Crippen LogP contribution < -0.4 is 0 Å². The van der Waals surface area contributed by atoms with E-state index >= 15 is 0 Å². The summed E-state index contributed by atoms with van der Waals surface area (Å²) in [5.74, 6) is 0.527. The van der Waals surface area contributed by atoms with E-state index in [9.17, 15) is 5.11 Å². The highest BCUT2D eigenvalue weighted by molar-refractivity contribution is 7.20. The average Bonchev–Trinajstić information content (AvgIpc) is 3.18. The summed E-state index contributed by atoms with van der Waals surface area (Å²) in [6, 6.07) is 4.85. The number of hydrogen-bond acceptors (Lipinski definition) is 5. The molecule has 0 aliphatic heterocycles. The molecule has 2 aromatic heterocycles. The number of nitrogens with zero attached hydrogens (tertiary/aromatic N) is 2. The van der Waals surface area contributed by atoms with Crippen LogP contribution in [-0.4, -0.2) is 34.7 Å². The SMILES string of the molecule is CN(Cc1csc(-c2cccs2)n1)C1CCC(CO)CC1. The molecule has 0 unspecified atom stereocenters. The third-order valence-corrected chi connectivity index (χ3v) is 6.32. The number of thiophene rings is 1. The third-order valence-electron chi connectivity index (χ3n) is 4.39. The average molecular weight is 322 g/mol. The predicted molar refractivity (Wildman–Crippen MR) is 89.7 cm³/mol. The molecule has 1 aliphatic carbocycles. The van der Waals surface area contributed by atoms with E-state index in [-0.39, 0.29) is 0 Å². The summed E-state index contributed by atoms with van der Waals surface area (Å²) in [7, 11) is 2.20. The van der Waals surface area contributed by atoms with Crippen LogP contribution in [0.2, 0.25) is 0 Å². The van der Waals surface area contributed by atoms with E-state index in [0.717, 1.165) is 24.4 Å². The lowest BCUT2D eigenvalue weighted by molar-refractivity contribution is 0.123. The molecule has 1 N–H and O–H groups in total. The van der Waals surface area contributed by atoms with Gasteiger partial charge in [-0.2, -0.15) is 0 Å². The molecule has 2 heterocycles. The lowest BCUT2D eigenvalue weighted by Gasteiger charge is -2.33. The van der Waals surface area contributed by atoms with Crippen LogP contribution in [0.25, 0.3) is 9.88 Å². The smallest absolute Gasteiger partial charge is 0.133 e. The molecule has 0 bridgehead atoms. The van der Waals surface area contributed by atoms with E-state index in [1.165, 1.54) is 23.4 Å². The molecule has 2 aromatic rings. The second kappa shape index (κ2) is 7.01. The Bertz CT molecular complexity index is 544. The Balaban J connectivity index is 1.57. The lowest BCUT2D eigenvalue weighted by Crippen LogP contribution is -2.35. The van der Waals surface area contributed by atoms with Crippen molar-refractivity contribution >= 4 is 22.7 Å². The van der Waals surface area contributed by atoms with Crippen molar-refractivity contribution in [1.82, 2.24) is 9.88 Å². The quantitative estimate of drug-likeness (QED) is 0.908. The van der Waals surface area contributed by atoms with Crippen LogP contribution in [0.1, 0.15) is 31.4 Å². The zero-order valence-corrected chi connectivity index (χ0v) is 14.0. The molecule has 5 heteroatoms. The van der Waals surface area contributed by atoms with Gasteiger partial charge in [0, 0.05) is 24.6 Å². The van der Waals surface area contributed by atoms with Gasteiger partial charge in [-0.05, 0) is 50.1 Å². The fourth-order valence-corrected chi connectivity index (χ4v) is 4.67. The minimum Gasteiger partial charge on any atom is -0.396 e. The first kappa shape index (κ1) is 15.2. The minimum atomic E-state index is 0.354. The molecule has 1 fully saturated rings. The molecule has 0 aromatic carbocycles. The fraction of sp³-hybridized carbons (Fsp3) is 0.562. The molecular formula is C16H22N2OS2. The van der Waals surface area contributed by atoms with Crippen molar-refractivity contribution in [3.8, 4) is 9.88 Å². The Morgan fingerprint density at radius 1 is 1.29 bits per heavy atom. The molecule has 21 heavy (non-hydrogen) atoms. The molecule has 0 radical (unpaired) electrons. The molecule has 3 rings (SSSR count). The molecule has 0 amide bonds. The van der Waals surface area contributed by atoms with Crippen molar-refractivity contribution in [2.75, 3.05) is 13.7 Å². The van der Waals surface area contributed by atoms with E-state index < -0.39 is 0 Å². The van der Waals surface area contributed by atoms with Crippen molar-refractivity contribution < 1.29 is 5.11 Å². The normalized spacial score (nSPS) is 22.8. The minimum absolute atomic E-state index is 0.354. The molecular weight excluding hydrogens is 300 g/mol. The monoisotopic (exact) mass is 322 g/mol. The highest BCUT2D eigenvalue weighted by Gasteiger charge is 2.23.